The van der Waals surface area contributed by atoms with E-state index in [-0.39, 0.29) is 0 Å². The third-order valence-electron chi connectivity index (χ3n) is 3.72. The molecule has 2 rings (SSSR count). The van der Waals surface area contributed by atoms with Crippen LogP contribution in [0.1, 0.15) is 52.4 Å². The summed E-state index contributed by atoms with van der Waals surface area (Å²) >= 11 is 0. The van der Waals surface area contributed by atoms with Crippen molar-refractivity contribution in [2.24, 2.45) is 11.8 Å². The molecule has 0 aromatic heterocycles. The normalized spacial score (nSPS) is 33.0. The Morgan fingerprint density at radius 2 is 1.58 bits per heavy atom. The summed E-state index contributed by atoms with van der Waals surface area (Å²) in [6.07, 6.45) is 8.60. The lowest BCUT2D eigenvalue weighted by Gasteiger charge is -2.04. The van der Waals surface area contributed by atoms with E-state index in [1.807, 2.05) is 5.57 Å². The van der Waals surface area contributed by atoms with Crippen LogP contribution in [-0.2, 0) is 0 Å². The van der Waals surface area contributed by atoms with Crippen LogP contribution in [0, 0.1) is 11.8 Å². The van der Waals surface area contributed by atoms with Crippen molar-refractivity contribution in [3.8, 4) is 0 Å². The molecule has 0 heterocycles. The van der Waals surface area contributed by atoms with Gasteiger partial charge in [0.25, 0.3) is 0 Å². The Balaban J connectivity index is 2.10. The molecule has 0 saturated heterocycles. The van der Waals surface area contributed by atoms with E-state index in [0.717, 1.165) is 11.8 Å². The van der Waals surface area contributed by atoms with E-state index < -0.39 is 0 Å². The van der Waals surface area contributed by atoms with Gasteiger partial charge in [0.2, 0.25) is 0 Å². The SMILES string of the molecule is CCC(CC)=C1C2CCCCC12. The smallest absolute Gasteiger partial charge is 0.0132 e. The van der Waals surface area contributed by atoms with E-state index in [9.17, 15) is 0 Å². The summed E-state index contributed by atoms with van der Waals surface area (Å²) in [6, 6.07) is 0. The molecule has 0 spiro atoms. The molecule has 0 bridgehead atoms. The van der Waals surface area contributed by atoms with Crippen LogP contribution in [0.15, 0.2) is 11.1 Å². The lowest BCUT2D eigenvalue weighted by molar-refractivity contribution is 0.480. The summed E-state index contributed by atoms with van der Waals surface area (Å²) in [5, 5.41) is 0. The Hall–Kier alpha value is -0.260. The monoisotopic (exact) mass is 164 g/mol. The van der Waals surface area contributed by atoms with E-state index in [0.29, 0.717) is 0 Å². The van der Waals surface area contributed by atoms with Crippen LogP contribution in [0.4, 0.5) is 0 Å². The second-order valence-electron chi connectivity index (χ2n) is 4.26. The topological polar surface area (TPSA) is 0 Å². The Morgan fingerprint density at radius 3 is 2.00 bits per heavy atom. The van der Waals surface area contributed by atoms with Gasteiger partial charge in [-0.3, -0.25) is 0 Å². The molecule has 2 unspecified atom stereocenters. The third-order valence-corrected chi connectivity index (χ3v) is 3.72. The van der Waals surface area contributed by atoms with Crippen LogP contribution >= 0.6 is 0 Å². The molecule has 2 aliphatic carbocycles. The first kappa shape index (κ1) is 8.34. The minimum atomic E-state index is 1.05. The molecule has 2 fully saturated rings. The molecule has 0 heteroatoms. The van der Waals surface area contributed by atoms with Gasteiger partial charge in [-0.2, -0.15) is 0 Å². The summed E-state index contributed by atoms with van der Waals surface area (Å²) in [5.74, 6) is 2.10. The van der Waals surface area contributed by atoms with Crippen LogP contribution in [0.2, 0.25) is 0 Å². The van der Waals surface area contributed by atoms with Crippen molar-refractivity contribution in [2.75, 3.05) is 0 Å². The van der Waals surface area contributed by atoms with E-state index in [1.165, 1.54) is 38.5 Å². The third kappa shape index (κ3) is 1.22. The largest absolute Gasteiger partial charge is 0.0710 e. The standard InChI is InChI=1S/C12H20/c1-3-9(4-2)12-10-7-5-6-8-11(10)12/h10-11H,3-8H2,1-2H3. The van der Waals surface area contributed by atoms with Crippen molar-refractivity contribution < 1.29 is 0 Å². The number of fused-ring (bicyclic) bond motifs is 1. The molecule has 0 amide bonds. The molecule has 0 aromatic rings. The van der Waals surface area contributed by atoms with Gasteiger partial charge in [0.05, 0.1) is 0 Å². The number of rotatable bonds is 2. The summed E-state index contributed by atoms with van der Waals surface area (Å²) in [4.78, 5) is 0. The second kappa shape index (κ2) is 3.24. The number of hydrogen-bond donors (Lipinski definition) is 0. The zero-order valence-corrected chi connectivity index (χ0v) is 8.40. The quantitative estimate of drug-likeness (QED) is 0.543. The van der Waals surface area contributed by atoms with Crippen molar-refractivity contribution in [2.45, 2.75) is 52.4 Å². The lowest BCUT2D eigenvalue weighted by Crippen LogP contribution is -1.91. The molecule has 0 nitrogen and oxygen atoms in total. The van der Waals surface area contributed by atoms with E-state index in [2.05, 4.69) is 13.8 Å². The molecule has 0 aliphatic heterocycles. The van der Waals surface area contributed by atoms with Gasteiger partial charge in [0.15, 0.2) is 0 Å². The van der Waals surface area contributed by atoms with Crippen LogP contribution in [0.5, 0.6) is 0 Å². The maximum Gasteiger partial charge on any atom is -0.0132 e. The molecule has 2 saturated carbocycles. The first-order valence-electron chi connectivity index (χ1n) is 5.60. The number of hydrogen-bond acceptors (Lipinski definition) is 0. The Morgan fingerprint density at radius 1 is 1.08 bits per heavy atom. The summed E-state index contributed by atoms with van der Waals surface area (Å²) < 4.78 is 0. The maximum atomic E-state index is 2.32. The Bertz CT molecular complexity index is 180. The summed E-state index contributed by atoms with van der Waals surface area (Å²) in [7, 11) is 0. The predicted molar refractivity (Wildman–Crippen MR) is 53.1 cm³/mol. The summed E-state index contributed by atoms with van der Waals surface area (Å²) in [6.45, 7) is 4.63. The van der Waals surface area contributed by atoms with Crippen molar-refractivity contribution in [1.29, 1.82) is 0 Å². The molecule has 68 valence electrons. The number of allylic oxidation sites excluding steroid dienone is 2. The zero-order valence-electron chi connectivity index (χ0n) is 8.40. The highest BCUT2D eigenvalue weighted by Crippen LogP contribution is 2.57. The average Bonchev–Trinajstić information content (AvgIpc) is 2.83. The fourth-order valence-electron chi connectivity index (χ4n) is 3.00. The van der Waals surface area contributed by atoms with Gasteiger partial charge in [-0.1, -0.05) is 37.8 Å². The fraction of sp³-hybridized carbons (Fsp3) is 0.833. The Labute approximate surface area is 76.1 Å². The summed E-state index contributed by atoms with van der Waals surface area (Å²) in [5.41, 5.74) is 3.67. The van der Waals surface area contributed by atoms with Gasteiger partial charge in [0.1, 0.15) is 0 Å². The highest BCUT2D eigenvalue weighted by atomic mass is 14.5. The molecule has 0 aromatic carbocycles. The van der Waals surface area contributed by atoms with Crippen molar-refractivity contribution >= 4 is 0 Å². The predicted octanol–water partition coefficient (Wildman–Crippen LogP) is 3.92. The first-order valence-corrected chi connectivity index (χ1v) is 5.60. The van der Waals surface area contributed by atoms with Crippen LogP contribution in [0.3, 0.4) is 0 Å². The molecular weight excluding hydrogens is 144 g/mol. The maximum absolute atomic E-state index is 2.32. The van der Waals surface area contributed by atoms with E-state index in [1.54, 1.807) is 5.57 Å². The van der Waals surface area contributed by atoms with Gasteiger partial charge in [-0.25, -0.2) is 0 Å². The van der Waals surface area contributed by atoms with E-state index in [4.69, 9.17) is 0 Å². The molecule has 0 N–H and O–H groups in total. The fourth-order valence-corrected chi connectivity index (χ4v) is 3.00. The minimum absolute atomic E-state index is 1.05. The van der Waals surface area contributed by atoms with Crippen molar-refractivity contribution in [3.05, 3.63) is 11.1 Å². The minimum Gasteiger partial charge on any atom is -0.0710 e. The van der Waals surface area contributed by atoms with Gasteiger partial charge in [0, 0.05) is 0 Å². The van der Waals surface area contributed by atoms with Crippen LogP contribution < -0.4 is 0 Å². The van der Waals surface area contributed by atoms with E-state index >= 15 is 0 Å². The van der Waals surface area contributed by atoms with Crippen LogP contribution in [-0.4, -0.2) is 0 Å². The first-order chi connectivity index (χ1) is 5.88. The lowest BCUT2D eigenvalue weighted by atomic mass is 10.0. The van der Waals surface area contributed by atoms with Gasteiger partial charge in [-0.15, -0.1) is 0 Å². The molecule has 0 radical (unpaired) electrons. The van der Waals surface area contributed by atoms with Crippen molar-refractivity contribution in [3.63, 3.8) is 0 Å². The molecule has 12 heavy (non-hydrogen) atoms. The van der Waals surface area contributed by atoms with Gasteiger partial charge < -0.3 is 0 Å². The highest BCUT2D eigenvalue weighted by molar-refractivity contribution is 5.35. The Kier molecular flexibility index (Phi) is 2.25. The van der Waals surface area contributed by atoms with Crippen molar-refractivity contribution in [1.82, 2.24) is 0 Å². The van der Waals surface area contributed by atoms with Gasteiger partial charge in [-0.05, 0) is 37.5 Å². The molecule has 2 atom stereocenters. The molecular formula is C12H20. The highest BCUT2D eigenvalue weighted by Gasteiger charge is 2.45. The molecule has 2 aliphatic rings. The van der Waals surface area contributed by atoms with Crippen LogP contribution in [0.25, 0.3) is 0 Å². The second-order valence-corrected chi connectivity index (χ2v) is 4.26. The zero-order chi connectivity index (χ0) is 8.55. The van der Waals surface area contributed by atoms with Gasteiger partial charge >= 0.3 is 0 Å². The average molecular weight is 164 g/mol.